The van der Waals surface area contributed by atoms with E-state index in [4.69, 9.17) is 5.73 Å². The second-order valence-corrected chi connectivity index (χ2v) is 5.86. The van der Waals surface area contributed by atoms with Crippen LogP contribution in [0.1, 0.15) is 15.9 Å². The summed E-state index contributed by atoms with van der Waals surface area (Å²) < 4.78 is 38.2. The van der Waals surface area contributed by atoms with Crippen molar-refractivity contribution in [3.63, 3.8) is 0 Å². The molecule has 26 heavy (non-hydrogen) atoms. The van der Waals surface area contributed by atoms with Gasteiger partial charge in [-0.25, -0.2) is 0 Å². The molecule has 3 rings (SSSR count). The molecule has 6 heteroatoms. The van der Waals surface area contributed by atoms with E-state index < -0.39 is 11.7 Å². The van der Waals surface area contributed by atoms with Gasteiger partial charge in [0.05, 0.1) is 5.56 Å². The highest BCUT2D eigenvalue weighted by atomic mass is 19.4. The van der Waals surface area contributed by atoms with Crippen LogP contribution in [-0.2, 0) is 6.18 Å². The summed E-state index contributed by atoms with van der Waals surface area (Å²) in [6.45, 7) is 0.750. The first-order chi connectivity index (χ1) is 12.4. The average Bonchev–Trinajstić information content (AvgIpc) is 2.64. The van der Waals surface area contributed by atoms with Crippen LogP contribution in [0.15, 0.2) is 60.7 Å². The molecule has 0 heterocycles. The van der Waals surface area contributed by atoms with Gasteiger partial charge in [-0.15, -0.1) is 0 Å². The Hall–Kier alpha value is -2.86. The summed E-state index contributed by atoms with van der Waals surface area (Å²) in [5, 5.41) is 4.41. The van der Waals surface area contributed by atoms with Gasteiger partial charge in [0.25, 0.3) is 5.91 Å². The lowest BCUT2D eigenvalue weighted by Gasteiger charge is -2.11. The molecule has 0 aliphatic heterocycles. The Morgan fingerprint density at radius 2 is 1.73 bits per heavy atom. The summed E-state index contributed by atoms with van der Waals surface area (Å²) >= 11 is 0. The van der Waals surface area contributed by atoms with Gasteiger partial charge in [0.15, 0.2) is 0 Å². The van der Waals surface area contributed by atoms with E-state index in [2.05, 4.69) is 5.32 Å². The quantitative estimate of drug-likeness (QED) is 0.734. The third kappa shape index (κ3) is 3.70. The van der Waals surface area contributed by atoms with Crippen molar-refractivity contribution < 1.29 is 18.0 Å². The van der Waals surface area contributed by atoms with E-state index in [1.54, 1.807) is 18.2 Å². The fraction of sp³-hybridized carbons (Fsp3) is 0.150. The van der Waals surface area contributed by atoms with Crippen LogP contribution in [0.5, 0.6) is 0 Å². The zero-order chi connectivity index (χ0) is 18.7. The number of nitrogens with two attached hydrogens (primary N) is 1. The zero-order valence-electron chi connectivity index (χ0n) is 13.8. The van der Waals surface area contributed by atoms with Gasteiger partial charge in [-0.05, 0) is 46.2 Å². The maximum absolute atomic E-state index is 12.7. The number of carbonyl (C=O) groups is 1. The highest BCUT2D eigenvalue weighted by Crippen LogP contribution is 2.33. The Morgan fingerprint density at radius 1 is 1.00 bits per heavy atom. The minimum Gasteiger partial charge on any atom is -0.351 e. The summed E-state index contributed by atoms with van der Waals surface area (Å²) in [6, 6.07) is 15.8. The molecule has 0 radical (unpaired) electrons. The largest absolute Gasteiger partial charge is 0.416 e. The van der Waals surface area contributed by atoms with Gasteiger partial charge >= 0.3 is 6.18 Å². The van der Waals surface area contributed by atoms with Crippen LogP contribution in [0, 0.1) is 0 Å². The molecule has 0 unspecified atom stereocenters. The van der Waals surface area contributed by atoms with Crippen molar-refractivity contribution in [2.24, 2.45) is 5.73 Å². The van der Waals surface area contributed by atoms with Crippen LogP contribution in [0.25, 0.3) is 21.9 Å². The smallest absolute Gasteiger partial charge is 0.351 e. The first kappa shape index (κ1) is 17.9. The first-order valence-corrected chi connectivity index (χ1v) is 8.09. The molecule has 0 bridgehead atoms. The van der Waals surface area contributed by atoms with Crippen LogP contribution in [0.4, 0.5) is 13.2 Å². The molecule has 0 fully saturated rings. The van der Waals surface area contributed by atoms with Gasteiger partial charge in [-0.3, -0.25) is 4.79 Å². The predicted molar refractivity (Wildman–Crippen MR) is 95.8 cm³/mol. The summed E-state index contributed by atoms with van der Waals surface area (Å²) in [6.07, 6.45) is -4.36. The van der Waals surface area contributed by atoms with E-state index in [9.17, 15) is 18.0 Å². The lowest BCUT2D eigenvalue weighted by Crippen LogP contribution is -2.28. The predicted octanol–water partition coefficient (Wildman–Crippen LogP) is 4.21. The summed E-state index contributed by atoms with van der Waals surface area (Å²) in [5.41, 5.74) is 6.71. The third-order valence-electron chi connectivity index (χ3n) is 4.10. The highest BCUT2D eigenvalue weighted by molar-refractivity contribution is 6.02. The number of carbonyl (C=O) groups excluding carboxylic acids is 1. The first-order valence-electron chi connectivity index (χ1n) is 8.09. The molecule has 0 aliphatic rings. The van der Waals surface area contributed by atoms with Crippen molar-refractivity contribution in [3.05, 3.63) is 71.8 Å². The van der Waals surface area contributed by atoms with Crippen LogP contribution in [0.2, 0.25) is 0 Å². The Balaban J connectivity index is 1.98. The molecular formula is C20H17F3N2O. The van der Waals surface area contributed by atoms with E-state index in [-0.39, 0.29) is 5.91 Å². The molecule has 0 aliphatic carbocycles. The molecule has 1 amide bonds. The number of hydrogen-bond donors (Lipinski definition) is 2. The third-order valence-corrected chi connectivity index (χ3v) is 4.10. The van der Waals surface area contributed by atoms with Crippen molar-refractivity contribution in [1.82, 2.24) is 5.32 Å². The van der Waals surface area contributed by atoms with Gasteiger partial charge in [-0.2, -0.15) is 13.2 Å². The van der Waals surface area contributed by atoms with Crippen molar-refractivity contribution in [1.29, 1.82) is 0 Å². The number of halogens is 3. The van der Waals surface area contributed by atoms with Crippen LogP contribution in [-0.4, -0.2) is 19.0 Å². The molecule has 0 saturated carbocycles. The van der Waals surface area contributed by atoms with Crippen LogP contribution < -0.4 is 11.1 Å². The molecule has 0 aromatic heterocycles. The number of rotatable bonds is 4. The summed E-state index contributed by atoms with van der Waals surface area (Å²) in [7, 11) is 0. The lowest BCUT2D eigenvalue weighted by atomic mass is 9.96. The minimum atomic E-state index is -4.36. The maximum Gasteiger partial charge on any atom is 0.416 e. The Labute approximate surface area is 148 Å². The molecule has 3 aromatic carbocycles. The van der Waals surface area contributed by atoms with E-state index in [0.29, 0.717) is 24.2 Å². The average molecular weight is 358 g/mol. The number of nitrogens with one attached hydrogen (secondary N) is 1. The molecule has 0 spiro atoms. The molecule has 3 nitrogen and oxygen atoms in total. The van der Waals surface area contributed by atoms with Crippen molar-refractivity contribution in [3.8, 4) is 11.1 Å². The van der Waals surface area contributed by atoms with Crippen LogP contribution >= 0.6 is 0 Å². The second-order valence-electron chi connectivity index (χ2n) is 5.86. The topological polar surface area (TPSA) is 55.1 Å². The summed E-state index contributed by atoms with van der Waals surface area (Å²) in [5.74, 6) is -0.211. The molecule has 134 valence electrons. The number of alkyl halides is 3. The molecule has 0 saturated heterocycles. The van der Waals surface area contributed by atoms with Gasteiger partial charge in [0.2, 0.25) is 0 Å². The fourth-order valence-electron chi connectivity index (χ4n) is 2.80. The Bertz CT molecular complexity index is 934. The van der Waals surface area contributed by atoms with E-state index >= 15 is 0 Å². The van der Waals surface area contributed by atoms with Gasteiger partial charge < -0.3 is 11.1 Å². The SMILES string of the molecule is NCCNC(=O)c1ccc2c(-c3ccc(C(F)(F)F)cc3)cccc2c1. The van der Waals surface area contributed by atoms with Crippen molar-refractivity contribution >= 4 is 16.7 Å². The highest BCUT2D eigenvalue weighted by Gasteiger charge is 2.30. The van der Waals surface area contributed by atoms with Crippen molar-refractivity contribution in [2.75, 3.05) is 13.1 Å². The van der Waals surface area contributed by atoms with Crippen molar-refractivity contribution in [2.45, 2.75) is 6.18 Å². The standard InChI is InChI=1S/C20H17F3N2O/c21-20(22,23)16-7-4-13(5-8-16)17-3-1-2-14-12-15(6-9-18(14)17)19(26)25-11-10-24/h1-9,12H,10-11,24H2,(H,25,26). The van der Waals surface area contributed by atoms with Crippen LogP contribution in [0.3, 0.4) is 0 Å². The second kappa shape index (κ2) is 7.17. The monoisotopic (exact) mass is 358 g/mol. The Kier molecular flexibility index (Phi) is 4.95. The summed E-state index contributed by atoms with van der Waals surface area (Å²) in [4.78, 5) is 12.1. The van der Waals surface area contributed by atoms with E-state index in [0.717, 1.165) is 28.5 Å². The minimum absolute atomic E-state index is 0.211. The molecule has 3 aromatic rings. The molecule has 0 atom stereocenters. The lowest BCUT2D eigenvalue weighted by molar-refractivity contribution is -0.137. The normalized spacial score (nSPS) is 11.5. The zero-order valence-corrected chi connectivity index (χ0v) is 13.8. The van der Waals surface area contributed by atoms with Gasteiger partial charge in [0.1, 0.15) is 0 Å². The number of hydrogen-bond acceptors (Lipinski definition) is 2. The number of amides is 1. The fourth-order valence-corrected chi connectivity index (χ4v) is 2.80. The molecule has 3 N–H and O–H groups in total. The van der Waals surface area contributed by atoms with E-state index in [1.165, 1.54) is 12.1 Å². The number of benzene rings is 3. The van der Waals surface area contributed by atoms with Gasteiger partial charge in [0, 0.05) is 18.7 Å². The van der Waals surface area contributed by atoms with Gasteiger partial charge in [-0.1, -0.05) is 36.4 Å². The molecular weight excluding hydrogens is 341 g/mol. The number of fused-ring (bicyclic) bond motifs is 1. The maximum atomic E-state index is 12.7. The van der Waals surface area contributed by atoms with E-state index in [1.807, 2.05) is 18.2 Å². The Morgan fingerprint density at radius 3 is 2.38 bits per heavy atom.